The second-order valence-corrected chi connectivity index (χ2v) is 7.97. The molecule has 1 amide bonds. The standard InChI is InChI=1S/C19H25N3O2S/c23-18(20-10-9-15-6-4-12-24-15)14-5-3-11-22(13-14)19-21-16-7-1-2-8-17(16)25-19/h1-2,7-8,14-15H,3-6,9-13H2,(H,20,23). The first-order valence-corrected chi connectivity index (χ1v) is 10.1. The number of nitrogens with zero attached hydrogens (tertiary/aromatic N) is 2. The Hall–Kier alpha value is -1.66. The minimum Gasteiger partial charge on any atom is -0.378 e. The molecule has 0 radical (unpaired) electrons. The topological polar surface area (TPSA) is 54.5 Å². The number of thiazole rings is 1. The van der Waals surface area contributed by atoms with Gasteiger partial charge in [-0.15, -0.1) is 0 Å². The fourth-order valence-corrected chi connectivity index (χ4v) is 4.73. The second kappa shape index (κ2) is 7.70. The molecule has 6 heteroatoms. The third-order valence-electron chi connectivity index (χ3n) is 5.13. The van der Waals surface area contributed by atoms with E-state index in [1.165, 1.54) is 4.70 Å². The highest BCUT2D eigenvalue weighted by atomic mass is 32.1. The van der Waals surface area contributed by atoms with Gasteiger partial charge in [0.05, 0.1) is 22.2 Å². The van der Waals surface area contributed by atoms with Gasteiger partial charge >= 0.3 is 0 Å². The lowest BCUT2D eigenvalue weighted by Crippen LogP contribution is -2.43. The Bertz CT molecular complexity index is 693. The molecule has 3 heterocycles. The van der Waals surface area contributed by atoms with Crippen LogP contribution in [0.1, 0.15) is 32.1 Å². The molecule has 25 heavy (non-hydrogen) atoms. The van der Waals surface area contributed by atoms with Crippen molar-refractivity contribution in [3.63, 3.8) is 0 Å². The van der Waals surface area contributed by atoms with Crippen molar-refractivity contribution in [2.24, 2.45) is 5.92 Å². The van der Waals surface area contributed by atoms with Gasteiger partial charge in [0.2, 0.25) is 5.91 Å². The van der Waals surface area contributed by atoms with Crippen molar-refractivity contribution >= 4 is 32.6 Å². The Morgan fingerprint density at radius 3 is 3.08 bits per heavy atom. The van der Waals surface area contributed by atoms with Gasteiger partial charge in [-0.2, -0.15) is 0 Å². The molecule has 2 fully saturated rings. The van der Waals surface area contributed by atoms with Crippen LogP contribution in [-0.2, 0) is 9.53 Å². The normalized spacial score (nSPS) is 23.9. The summed E-state index contributed by atoms with van der Waals surface area (Å²) < 4.78 is 6.83. The van der Waals surface area contributed by atoms with E-state index in [1.54, 1.807) is 11.3 Å². The maximum atomic E-state index is 12.5. The van der Waals surface area contributed by atoms with Crippen LogP contribution in [0.5, 0.6) is 0 Å². The van der Waals surface area contributed by atoms with Crippen molar-refractivity contribution < 1.29 is 9.53 Å². The molecule has 2 aliphatic heterocycles. The maximum absolute atomic E-state index is 12.5. The number of fused-ring (bicyclic) bond motifs is 1. The zero-order valence-corrected chi connectivity index (χ0v) is 15.3. The second-order valence-electron chi connectivity index (χ2n) is 6.96. The number of benzene rings is 1. The summed E-state index contributed by atoms with van der Waals surface area (Å²) in [5.74, 6) is 0.245. The quantitative estimate of drug-likeness (QED) is 0.891. The fourth-order valence-electron chi connectivity index (χ4n) is 3.73. The van der Waals surface area contributed by atoms with E-state index in [4.69, 9.17) is 9.72 Å². The molecule has 2 aliphatic rings. The van der Waals surface area contributed by atoms with E-state index in [9.17, 15) is 4.79 Å². The summed E-state index contributed by atoms with van der Waals surface area (Å²) in [6, 6.07) is 8.22. The molecule has 1 aromatic carbocycles. The first-order chi connectivity index (χ1) is 12.3. The van der Waals surface area contributed by atoms with Gasteiger partial charge in [0.25, 0.3) is 0 Å². The smallest absolute Gasteiger partial charge is 0.224 e. The summed E-state index contributed by atoms with van der Waals surface area (Å²) in [6.07, 6.45) is 5.56. The number of anilines is 1. The van der Waals surface area contributed by atoms with Crippen LogP contribution in [0.3, 0.4) is 0 Å². The van der Waals surface area contributed by atoms with Crippen LogP contribution in [0.2, 0.25) is 0 Å². The number of aromatic nitrogens is 1. The first-order valence-electron chi connectivity index (χ1n) is 9.29. The molecular weight excluding hydrogens is 334 g/mol. The van der Waals surface area contributed by atoms with E-state index in [0.717, 1.165) is 69.0 Å². The highest BCUT2D eigenvalue weighted by molar-refractivity contribution is 7.22. The van der Waals surface area contributed by atoms with Crippen molar-refractivity contribution in [3.05, 3.63) is 24.3 Å². The molecule has 2 unspecified atom stereocenters. The number of para-hydroxylation sites is 1. The average Bonchev–Trinajstić information content (AvgIpc) is 3.31. The van der Waals surface area contributed by atoms with E-state index in [1.807, 2.05) is 12.1 Å². The van der Waals surface area contributed by atoms with Crippen molar-refractivity contribution in [2.75, 3.05) is 31.1 Å². The molecule has 5 nitrogen and oxygen atoms in total. The molecule has 1 aromatic heterocycles. The number of nitrogens with one attached hydrogen (secondary N) is 1. The summed E-state index contributed by atoms with van der Waals surface area (Å²) in [5, 5.41) is 4.16. The van der Waals surface area contributed by atoms with Crippen molar-refractivity contribution in [1.82, 2.24) is 10.3 Å². The minimum atomic E-state index is 0.0604. The van der Waals surface area contributed by atoms with Crippen LogP contribution in [0, 0.1) is 5.92 Å². The van der Waals surface area contributed by atoms with Crippen LogP contribution in [-0.4, -0.2) is 43.2 Å². The largest absolute Gasteiger partial charge is 0.378 e. The molecule has 0 spiro atoms. The number of ether oxygens (including phenoxy) is 1. The number of carbonyl (C=O) groups excluding carboxylic acids is 1. The number of hydrogen-bond donors (Lipinski definition) is 1. The molecule has 0 aliphatic carbocycles. The number of rotatable bonds is 5. The number of piperidine rings is 1. The molecular formula is C19H25N3O2S. The molecule has 0 saturated carbocycles. The van der Waals surface area contributed by atoms with Crippen LogP contribution >= 0.6 is 11.3 Å². The van der Waals surface area contributed by atoms with E-state index >= 15 is 0 Å². The maximum Gasteiger partial charge on any atom is 0.224 e. The van der Waals surface area contributed by atoms with Crippen LogP contribution in [0.15, 0.2) is 24.3 Å². The van der Waals surface area contributed by atoms with Gasteiger partial charge in [-0.25, -0.2) is 4.98 Å². The fraction of sp³-hybridized carbons (Fsp3) is 0.579. The van der Waals surface area contributed by atoms with E-state index in [-0.39, 0.29) is 11.8 Å². The summed E-state index contributed by atoms with van der Waals surface area (Å²) in [5.41, 5.74) is 1.05. The summed E-state index contributed by atoms with van der Waals surface area (Å²) in [7, 11) is 0. The predicted molar refractivity (Wildman–Crippen MR) is 101 cm³/mol. The lowest BCUT2D eigenvalue weighted by Gasteiger charge is -2.31. The van der Waals surface area contributed by atoms with Gasteiger partial charge in [-0.3, -0.25) is 4.79 Å². The molecule has 2 atom stereocenters. The molecule has 2 aromatic rings. The summed E-state index contributed by atoms with van der Waals surface area (Å²) >= 11 is 1.72. The third-order valence-corrected chi connectivity index (χ3v) is 6.23. The van der Waals surface area contributed by atoms with Crippen molar-refractivity contribution in [2.45, 2.75) is 38.2 Å². The summed E-state index contributed by atoms with van der Waals surface area (Å²) in [4.78, 5) is 19.5. The third kappa shape index (κ3) is 3.96. The monoisotopic (exact) mass is 359 g/mol. The van der Waals surface area contributed by atoms with Crippen LogP contribution in [0.25, 0.3) is 10.2 Å². The van der Waals surface area contributed by atoms with Gasteiger partial charge in [-0.05, 0) is 44.2 Å². The highest BCUT2D eigenvalue weighted by Crippen LogP contribution is 2.31. The Morgan fingerprint density at radius 1 is 1.32 bits per heavy atom. The van der Waals surface area contributed by atoms with E-state index in [2.05, 4.69) is 22.3 Å². The first kappa shape index (κ1) is 16.8. The molecule has 0 bridgehead atoms. The lowest BCUT2D eigenvalue weighted by atomic mass is 9.97. The van der Waals surface area contributed by atoms with Crippen LogP contribution in [0.4, 0.5) is 5.13 Å². The van der Waals surface area contributed by atoms with Gasteiger partial charge in [0.1, 0.15) is 0 Å². The zero-order chi connectivity index (χ0) is 17.1. The minimum absolute atomic E-state index is 0.0604. The number of carbonyl (C=O) groups is 1. The average molecular weight is 359 g/mol. The van der Waals surface area contributed by atoms with Gasteiger partial charge in [0.15, 0.2) is 5.13 Å². The number of hydrogen-bond acceptors (Lipinski definition) is 5. The van der Waals surface area contributed by atoms with E-state index < -0.39 is 0 Å². The van der Waals surface area contributed by atoms with Crippen molar-refractivity contribution in [1.29, 1.82) is 0 Å². The lowest BCUT2D eigenvalue weighted by molar-refractivity contribution is -0.125. The molecule has 1 N–H and O–H groups in total. The molecule has 134 valence electrons. The van der Waals surface area contributed by atoms with Gasteiger partial charge < -0.3 is 15.0 Å². The molecule has 4 rings (SSSR count). The number of amides is 1. The molecule has 2 saturated heterocycles. The van der Waals surface area contributed by atoms with Gasteiger partial charge in [0, 0.05) is 26.2 Å². The van der Waals surface area contributed by atoms with Crippen LogP contribution < -0.4 is 10.2 Å². The Morgan fingerprint density at radius 2 is 2.24 bits per heavy atom. The Labute approximate surface area is 152 Å². The predicted octanol–water partition coefficient (Wildman–Crippen LogP) is 3.20. The summed E-state index contributed by atoms with van der Waals surface area (Å²) in [6.45, 7) is 3.35. The SMILES string of the molecule is O=C(NCCC1CCCO1)C1CCCN(c2nc3ccccc3s2)C1. The Balaban J connectivity index is 1.32. The van der Waals surface area contributed by atoms with Gasteiger partial charge in [-0.1, -0.05) is 23.5 Å². The highest BCUT2D eigenvalue weighted by Gasteiger charge is 2.27. The zero-order valence-electron chi connectivity index (χ0n) is 14.4. The Kier molecular flexibility index (Phi) is 5.17. The van der Waals surface area contributed by atoms with E-state index in [0.29, 0.717) is 6.10 Å². The van der Waals surface area contributed by atoms with Crippen molar-refractivity contribution in [3.8, 4) is 0 Å².